The first kappa shape index (κ1) is 6.38. The van der Waals surface area contributed by atoms with E-state index in [2.05, 4.69) is 38.5 Å². The van der Waals surface area contributed by atoms with Gasteiger partial charge in [0.15, 0.2) is 31.0 Å². The third kappa shape index (κ3) is 32.2. The molecule has 5 heavy (non-hydrogen) atoms. The molecule has 0 aliphatic carbocycles. The second-order valence-corrected chi connectivity index (χ2v) is 10.5. The van der Waals surface area contributed by atoms with Crippen LogP contribution in [0.4, 0.5) is 4.20 Å². The number of halogens is 3. The SMILES string of the molecule is [B][P+](F)(Br)Br. The number of rotatable bonds is 0. The third-order valence-corrected chi connectivity index (χ3v) is 0. The molecule has 0 N–H and O–H groups in total. The minimum absolute atomic E-state index is 2.51. The highest BCUT2D eigenvalue weighted by atomic mass is 79.9. The summed E-state index contributed by atoms with van der Waals surface area (Å²) in [6.45, 7) is 0. The van der Waals surface area contributed by atoms with Crippen LogP contribution >= 0.6 is 35.8 Å². The molecule has 2 radical (unpaired) electrons. The van der Waals surface area contributed by atoms with Gasteiger partial charge in [-0.15, -0.1) is 0 Å². The van der Waals surface area contributed by atoms with Gasteiger partial charge in [0.05, 0.1) is 0 Å². The van der Waals surface area contributed by atoms with Gasteiger partial charge in [-0.3, -0.25) is 0 Å². The van der Waals surface area contributed by atoms with Gasteiger partial charge in [-0.05, 0) is 0 Å². The first-order valence-electron chi connectivity index (χ1n) is 0.765. The van der Waals surface area contributed by atoms with E-state index in [1.807, 2.05) is 0 Å². The predicted molar refractivity (Wildman–Crippen MR) is 31.6 cm³/mol. The summed E-state index contributed by atoms with van der Waals surface area (Å²) >= 11 is 5.03. The van der Waals surface area contributed by atoms with Crippen LogP contribution in [-0.2, 0) is 0 Å². The molecular weight excluding hydrogens is 221 g/mol. The predicted octanol–water partition coefficient (Wildman–Crippen LogP) is 2.59. The molecule has 0 rings (SSSR count). The summed E-state index contributed by atoms with van der Waals surface area (Å²) in [7, 11) is 4.63. The minimum atomic E-state index is -2.76. The van der Waals surface area contributed by atoms with Crippen molar-refractivity contribution < 1.29 is 4.20 Å². The van der Waals surface area contributed by atoms with Crippen molar-refractivity contribution >= 4 is 43.4 Å². The summed E-state index contributed by atoms with van der Waals surface area (Å²) in [5.74, 6) is 0. The Kier molecular flexibility index (Phi) is 2.42. The molecule has 0 aromatic heterocycles. The van der Waals surface area contributed by atoms with Crippen molar-refractivity contribution in [1.29, 1.82) is 0 Å². The Morgan fingerprint density at radius 1 is 1.60 bits per heavy atom. The van der Waals surface area contributed by atoms with Crippen LogP contribution in [-0.4, -0.2) is 7.57 Å². The van der Waals surface area contributed by atoms with E-state index in [0.717, 1.165) is 0 Å². The Balaban J connectivity index is 3.02. The fourth-order valence-corrected chi connectivity index (χ4v) is 0. The molecule has 28 valence electrons. The van der Waals surface area contributed by atoms with Crippen molar-refractivity contribution in [2.75, 3.05) is 0 Å². The molecule has 0 aromatic rings. The van der Waals surface area contributed by atoms with E-state index >= 15 is 0 Å². The fraction of sp³-hybridized carbons (Fsp3) is 0. The Bertz CT molecular complexity index is 25.1. The standard InChI is InChI=1S/BBr2FP/c1-5(2,3)4/q+1. The lowest BCUT2D eigenvalue weighted by atomic mass is 10.8. The van der Waals surface area contributed by atoms with Crippen molar-refractivity contribution in [1.82, 2.24) is 0 Å². The van der Waals surface area contributed by atoms with Gasteiger partial charge in [0.1, 0.15) is 0 Å². The summed E-state index contributed by atoms with van der Waals surface area (Å²) in [6.07, 6.45) is 0. The maximum absolute atomic E-state index is 11.4. The molecule has 0 amide bonds. The summed E-state index contributed by atoms with van der Waals surface area (Å²) < 4.78 is 11.4. The molecule has 0 nitrogen and oxygen atoms in total. The first-order valence-corrected chi connectivity index (χ1v) is 6.55. The van der Waals surface area contributed by atoms with Gasteiger partial charge >= 0.3 is 7.57 Å². The molecule has 0 atom stereocenters. The number of hydrogen-bond acceptors (Lipinski definition) is 0. The molecule has 0 heterocycles. The van der Waals surface area contributed by atoms with E-state index in [-0.39, 0.29) is 0 Å². The van der Waals surface area contributed by atoms with Crippen molar-refractivity contribution in [3.8, 4) is 0 Å². The Morgan fingerprint density at radius 2 is 1.60 bits per heavy atom. The highest BCUT2D eigenvalue weighted by Gasteiger charge is 2.24. The fourth-order valence-electron chi connectivity index (χ4n) is 0. The lowest BCUT2D eigenvalue weighted by molar-refractivity contribution is 0.928. The molecular formula is BBr2FP+. The molecule has 0 fully saturated rings. The Hall–Kier alpha value is 1.38. The zero-order chi connectivity index (χ0) is 4.50. The Labute approximate surface area is 47.8 Å². The van der Waals surface area contributed by atoms with Crippen LogP contribution in [0.1, 0.15) is 0 Å². The van der Waals surface area contributed by atoms with E-state index in [4.69, 9.17) is 0 Å². The van der Waals surface area contributed by atoms with Crippen LogP contribution in [0.3, 0.4) is 0 Å². The van der Waals surface area contributed by atoms with Crippen LogP contribution in [0.15, 0.2) is 0 Å². The summed E-state index contributed by atoms with van der Waals surface area (Å²) in [4.78, 5) is -2.76. The third-order valence-electron chi connectivity index (χ3n) is 0. The van der Waals surface area contributed by atoms with Gasteiger partial charge in [0.2, 0.25) is 0 Å². The zero-order valence-electron chi connectivity index (χ0n) is 2.16. The van der Waals surface area contributed by atoms with Crippen LogP contribution in [0.25, 0.3) is 0 Å². The Morgan fingerprint density at radius 3 is 1.60 bits per heavy atom. The van der Waals surface area contributed by atoms with E-state index in [1.165, 1.54) is 0 Å². The molecule has 0 spiro atoms. The summed E-state index contributed by atoms with van der Waals surface area (Å²) in [5, 5.41) is 0. The average molecular weight is 221 g/mol. The smallest absolute Gasteiger partial charge is 0.0614 e. The first-order chi connectivity index (χ1) is 2.00. The minimum Gasteiger partial charge on any atom is -0.0614 e. The topological polar surface area (TPSA) is 0 Å². The van der Waals surface area contributed by atoms with E-state index in [1.54, 1.807) is 0 Å². The van der Waals surface area contributed by atoms with Gasteiger partial charge < -0.3 is 0 Å². The largest absolute Gasteiger partial charge is 0.440 e. The van der Waals surface area contributed by atoms with Gasteiger partial charge in [-0.1, -0.05) is 4.20 Å². The molecule has 0 aliphatic heterocycles. The molecule has 0 bridgehead atoms. The van der Waals surface area contributed by atoms with Crippen molar-refractivity contribution in [2.24, 2.45) is 0 Å². The van der Waals surface area contributed by atoms with Crippen LogP contribution in [0.2, 0.25) is 0 Å². The van der Waals surface area contributed by atoms with Gasteiger partial charge in [0, 0.05) is 0 Å². The van der Waals surface area contributed by atoms with Gasteiger partial charge in [-0.25, -0.2) is 0 Å². The van der Waals surface area contributed by atoms with Crippen molar-refractivity contribution in [3.05, 3.63) is 0 Å². The monoisotopic (exact) mass is 219 g/mol. The molecule has 0 aliphatic rings. The van der Waals surface area contributed by atoms with Crippen molar-refractivity contribution in [3.63, 3.8) is 0 Å². The zero-order valence-corrected chi connectivity index (χ0v) is 6.22. The van der Waals surface area contributed by atoms with Crippen LogP contribution in [0, 0.1) is 0 Å². The quantitative estimate of drug-likeness (QED) is 0.435. The maximum atomic E-state index is 11.4. The molecule has 0 saturated heterocycles. The normalized spacial score (nSPS) is 11.8. The lowest BCUT2D eigenvalue weighted by Crippen LogP contribution is -1.46. The van der Waals surface area contributed by atoms with Gasteiger partial charge in [-0.2, -0.15) is 0 Å². The van der Waals surface area contributed by atoms with Crippen LogP contribution < -0.4 is 0 Å². The molecule has 0 saturated carbocycles. The van der Waals surface area contributed by atoms with Crippen molar-refractivity contribution in [2.45, 2.75) is 0 Å². The van der Waals surface area contributed by atoms with Gasteiger partial charge in [0.25, 0.3) is 4.86 Å². The van der Waals surface area contributed by atoms with Crippen LogP contribution in [0.5, 0.6) is 0 Å². The van der Waals surface area contributed by atoms with E-state index in [9.17, 15) is 4.20 Å². The summed E-state index contributed by atoms with van der Waals surface area (Å²) in [6, 6.07) is 0. The second-order valence-electron chi connectivity index (χ2n) is 0.484. The molecule has 5 heteroatoms. The van der Waals surface area contributed by atoms with E-state index in [0.29, 0.717) is 0 Å². The lowest BCUT2D eigenvalue weighted by Gasteiger charge is -1.78. The highest BCUT2D eigenvalue weighted by molar-refractivity contribution is 9.74. The second kappa shape index (κ2) is 1.90. The average Bonchev–Trinajstić information content (AvgIpc) is 0.722. The maximum Gasteiger partial charge on any atom is 0.440 e. The van der Waals surface area contributed by atoms with E-state index < -0.39 is 4.86 Å². The summed E-state index contributed by atoms with van der Waals surface area (Å²) in [5.41, 5.74) is 0. The number of hydrogen-bond donors (Lipinski definition) is 0. The highest BCUT2D eigenvalue weighted by Crippen LogP contribution is 2.70. The molecule has 0 unspecified atom stereocenters. The molecule has 0 aromatic carbocycles.